The molecule has 0 N–H and O–H groups in total. The van der Waals surface area contributed by atoms with Crippen LogP contribution in [0.25, 0.3) is 0 Å². The van der Waals surface area contributed by atoms with Gasteiger partial charge in [-0.05, 0) is 29.7 Å². The second kappa shape index (κ2) is 7.30. The maximum Gasteiger partial charge on any atom is 0.471 e. The number of fused-ring (bicyclic) bond motifs is 1. The molecule has 6 nitrogen and oxygen atoms in total. The third kappa shape index (κ3) is 4.31. The molecule has 0 bridgehead atoms. The molecule has 0 aromatic heterocycles. The van der Waals surface area contributed by atoms with Crippen LogP contribution in [0.4, 0.5) is 13.2 Å². The van der Waals surface area contributed by atoms with Crippen molar-refractivity contribution in [2.24, 2.45) is 0 Å². The van der Waals surface area contributed by atoms with Gasteiger partial charge in [-0.3, -0.25) is 4.79 Å². The molecule has 0 fully saturated rings. The first kappa shape index (κ1) is 19.7. The topological polar surface area (TPSA) is 66.9 Å². The van der Waals surface area contributed by atoms with Gasteiger partial charge in [-0.1, -0.05) is 6.07 Å². The third-order valence-corrected chi connectivity index (χ3v) is 5.89. The number of hydrogen-bond acceptors (Lipinski definition) is 4. The van der Waals surface area contributed by atoms with Gasteiger partial charge in [-0.2, -0.15) is 17.5 Å². The van der Waals surface area contributed by atoms with Crippen molar-refractivity contribution < 1.29 is 31.1 Å². The number of hydrogen-bond donors (Lipinski definition) is 0. The van der Waals surface area contributed by atoms with Gasteiger partial charge < -0.3 is 9.64 Å². The van der Waals surface area contributed by atoms with Crippen LogP contribution in [-0.4, -0.2) is 63.6 Å². The second-order valence-corrected chi connectivity index (χ2v) is 7.77. The molecule has 0 spiro atoms. The SMILES string of the molecule is COCCN(C)S(=O)(=O)c1ccc2c(c1)CN(C(=O)C(F)(F)F)CC2. The average molecular weight is 380 g/mol. The zero-order valence-electron chi connectivity index (χ0n) is 13.8. The summed E-state index contributed by atoms with van der Waals surface area (Å²) in [6.45, 7) is 0.0487. The number of alkyl halides is 3. The number of benzene rings is 1. The van der Waals surface area contributed by atoms with Crippen LogP contribution in [0.3, 0.4) is 0 Å². The van der Waals surface area contributed by atoms with Crippen molar-refractivity contribution in [2.45, 2.75) is 24.0 Å². The van der Waals surface area contributed by atoms with E-state index in [1.54, 1.807) is 6.07 Å². The van der Waals surface area contributed by atoms with E-state index in [0.717, 1.165) is 9.87 Å². The van der Waals surface area contributed by atoms with Crippen molar-refractivity contribution in [3.05, 3.63) is 29.3 Å². The number of likely N-dealkylation sites (N-methyl/N-ethyl adjacent to an activating group) is 1. The first-order valence-electron chi connectivity index (χ1n) is 7.50. The van der Waals surface area contributed by atoms with Crippen molar-refractivity contribution in [1.29, 1.82) is 0 Å². The van der Waals surface area contributed by atoms with Gasteiger partial charge in [0.15, 0.2) is 0 Å². The van der Waals surface area contributed by atoms with Crippen LogP contribution in [0, 0.1) is 0 Å². The minimum atomic E-state index is -4.94. The van der Waals surface area contributed by atoms with Gasteiger partial charge >= 0.3 is 12.1 Å². The summed E-state index contributed by atoms with van der Waals surface area (Å²) >= 11 is 0. The zero-order valence-corrected chi connectivity index (χ0v) is 14.7. The van der Waals surface area contributed by atoms with Crippen LogP contribution in [0.1, 0.15) is 11.1 Å². The molecule has 0 aliphatic carbocycles. The third-order valence-electron chi connectivity index (χ3n) is 4.04. The zero-order chi connectivity index (χ0) is 18.8. The summed E-state index contributed by atoms with van der Waals surface area (Å²) in [7, 11) is -0.937. The van der Waals surface area contributed by atoms with Crippen molar-refractivity contribution in [3.63, 3.8) is 0 Å². The minimum Gasteiger partial charge on any atom is -0.383 e. The normalized spacial score (nSPS) is 15.4. The van der Waals surface area contributed by atoms with Crippen LogP contribution in [0.15, 0.2) is 23.1 Å². The van der Waals surface area contributed by atoms with Crippen molar-refractivity contribution in [3.8, 4) is 0 Å². The number of carbonyl (C=O) groups excluding carboxylic acids is 1. The molecule has 1 aliphatic heterocycles. The van der Waals surface area contributed by atoms with Gasteiger partial charge in [-0.25, -0.2) is 8.42 Å². The summed E-state index contributed by atoms with van der Waals surface area (Å²) in [6, 6.07) is 4.35. The maximum atomic E-state index is 12.6. The molecule has 0 saturated carbocycles. The molecule has 10 heteroatoms. The Morgan fingerprint density at radius 3 is 2.60 bits per heavy atom. The molecule has 1 aliphatic rings. The van der Waals surface area contributed by atoms with Gasteiger partial charge in [-0.15, -0.1) is 0 Å². The number of halogens is 3. The van der Waals surface area contributed by atoms with E-state index in [9.17, 15) is 26.4 Å². The van der Waals surface area contributed by atoms with Gasteiger partial charge in [0, 0.05) is 33.8 Å². The molecule has 0 radical (unpaired) electrons. The summed E-state index contributed by atoms with van der Waals surface area (Å²) in [5, 5.41) is 0. The molecular formula is C15H19F3N2O4S. The average Bonchev–Trinajstić information content (AvgIpc) is 2.56. The van der Waals surface area contributed by atoms with E-state index in [0.29, 0.717) is 10.5 Å². The molecule has 1 aromatic rings. The standard InChI is InChI=1S/C15H19F3N2O4S/c1-19(7-8-24-2)25(22,23)13-4-3-11-5-6-20(10-12(11)9-13)14(21)15(16,17)18/h3-4,9H,5-8,10H2,1-2H3. The quantitative estimate of drug-likeness (QED) is 0.775. The van der Waals surface area contributed by atoms with Crippen molar-refractivity contribution in [1.82, 2.24) is 9.21 Å². The van der Waals surface area contributed by atoms with Crippen LogP contribution in [0.5, 0.6) is 0 Å². The number of methoxy groups -OCH3 is 1. The first-order chi connectivity index (χ1) is 11.6. The number of ether oxygens (including phenoxy) is 1. The van der Waals surface area contributed by atoms with Gasteiger partial charge in [0.05, 0.1) is 11.5 Å². The Labute approximate surface area is 144 Å². The van der Waals surface area contributed by atoms with E-state index in [4.69, 9.17) is 4.74 Å². The van der Waals surface area contributed by atoms with E-state index in [2.05, 4.69) is 0 Å². The summed E-state index contributed by atoms with van der Waals surface area (Å²) in [5.74, 6) is -1.91. The van der Waals surface area contributed by atoms with Crippen LogP contribution >= 0.6 is 0 Å². The fourth-order valence-corrected chi connectivity index (χ4v) is 3.77. The molecule has 2 rings (SSSR count). The summed E-state index contributed by atoms with van der Waals surface area (Å²) < 4.78 is 68.8. The summed E-state index contributed by atoms with van der Waals surface area (Å²) in [6.07, 6.45) is -4.70. The fourth-order valence-electron chi connectivity index (χ4n) is 2.57. The lowest BCUT2D eigenvalue weighted by atomic mass is 10.00. The van der Waals surface area contributed by atoms with E-state index < -0.39 is 22.1 Å². The summed E-state index contributed by atoms with van der Waals surface area (Å²) in [5.41, 5.74) is 1.15. The highest BCUT2D eigenvalue weighted by Gasteiger charge is 2.43. The number of rotatable bonds is 5. The van der Waals surface area contributed by atoms with E-state index in [1.807, 2.05) is 0 Å². The number of carbonyl (C=O) groups is 1. The van der Waals surface area contributed by atoms with Gasteiger partial charge in [0.2, 0.25) is 10.0 Å². The lowest BCUT2D eigenvalue weighted by Crippen LogP contribution is -2.43. The van der Waals surface area contributed by atoms with Crippen LogP contribution in [-0.2, 0) is 32.5 Å². The number of nitrogens with zero attached hydrogens (tertiary/aromatic N) is 2. The highest BCUT2D eigenvalue weighted by atomic mass is 32.2. The number of amides is 1. The van der Waals surface area contributed by atoms with Crippen molar-refractivity contribution in [2.75, 3.05) is 33.9 Å². The minimum absolute atomic E-state index is 0.0221. The van der Waals surface area contributed by atoms with Crippen molar-refractivity contribution >= 4 is 15.9 Å². The smallest absolute Gasteiger partial charge is 0.383 e. The van der Waals surface area contributed by atoms with Gasteiger partial charge in [0.1, 0.15) is 0 Å². The molecule has 25 heavy (non-hydrogen) atoms. The highest BCUT2D eigenvalue weighted by Crippen LogP contribution is 2.27. The van der Waals surface area contributed by atoms with Gasteiger partial charge in [0.25, 0.3) is 0 Å². The van der Waals surface area contributed by atoms with E-state index in [1.165, 1.54) is 26.3 Å². The Hall–Kier alpha value is -1.65. The molecule has 1 amide bonds. The lowest BCUT2D eigenvalue weighted by Gasteiger charge is -2.30. The summed E-state index contributed by atoms with van der Waals surface area (Å²) in [4.78, 5) is 12.1. The van der Waals surface area contributed by atoms with Crippen LogP contribution < -0.4 is 0 Å². The first-order valence-corrected chi connectivity index (χ1v) is 8.94. The Kier molecular flexibility index (Phi) is 5.75. The fraction of sp³-hybridized carbons (Fsp3) is 0.533. The van der Waals surface area contributed by atoms with E-state index in [-0.39, 0.29) is 37.6 Å². The molecular weight excluding hydrogens is 361 g/mol. The Morgan fingerprint density at radius 2 is 2.00 bits per heavy atom. The Balaban J connectivity index is 2.26. The molecule has 0 atom stereocenters. The predicted molar refractivity (Wildman–Crippen MR) is 83.3 cm³/mol. The highest BCUT2D eigenvalue weighted by molar-refractivity contribution is 7.89. The molecule has 1 aromatic carbocycles. The lowest BCUT2D eigenvalue weighted by molar-refractivity contribution is -0.186. The second-order valence-electron chi connectivity index (χ2n) is 5.72. The predicted octanol–water partition coefficient (Wildman–Crippen LogP) is 1.40. The molecule has 140 valence electrons. The van der Waals surface area contributed by atoms with E-state index >= 15 is 0 Å². The molecule has 0 saturated heterocycles. The maximum absolute atomic E-state index is 12.6. The number of sulfonamides is 1. The largest absolute Gasteiger partial charge is 0.471 e. The molecule has 0 unspecified atom stereocenters. The Bertz CT molecular complexity index is 750. The molecule has 1 heterocycles. The Morgan fingerprint density at radius 1 is 1.32 bits per heavy atom. The monoisotopic (exact) mass is 380 g/mol. The van der Waals surface area contributed by atoms with Crippen LogP contribution in [0.2, 0.25) is 0 Å².